The van der Waals surface area contributed by atoms with Crippen LogP contribution in [0.25, 0.3) is 10.2 Å². The average molecular weight is 336 g/mol. The first-order chi connectivity index (χ1) is 11.9. The molecule has 2 aliphatic rings. The first kappa shape index (κ1) is 14.4. The van der Waals surface area contributed by atoms with Gasteiger partial charge in [0.2, 0.25) is 0 Å². The number of thiazole rings is 1. The van der Waals surface area contributed by atoms with Gasteiger partial charge in [-0.1, -0.05) is 30.3 Å². The van der Waals surface area contributed by atoms with Gasteiger partial charge in [0.15, 0.2) is 0 Å². The van der Waals surface area contributed by atoms with Crippen LogP contribution in [0.4, 0.5) is 0 Å². The van der Waals surface area contributed by atoms with E-state index in [4.69, 9.17) is 9.72 Å². The number of para-hydroxylation sites is 2. The first-order valence-corrected chi connectivity index (χ1v) is 9.43. The third kappa shape index (κ3) is 2.70. The highest BCUT2D eigenvalue weighted by atomic mass is 32.1. The summed E-state index contributed by atoms with van der Waals surface area (Å²) >= 11 is 1.83. The molecule has 0 spiro atoms. The molecule has 5 rings (SSSR count). The standard InChI is InChI=1S/C20H20N2OS/c1-2-6-14(7-3-1)23-13-17-15-10-22(11-16(15)17)12-20-21-18-8-4-5-9-19(18)24-20/h1-9,15-17H,10-13H2/t15-,16+,17?. The smallest absolute Gasteiger partial charge is 0.119 e. The molecule has 1 unspecified atom stereocenters. The Balaban J connectivity index is 1.15. The molecular formula is C20H20N2OS. The Morgan fingerprint density at radius 1 is 1.00 bits per heavy atom. The Morgan fingerprint density at radius 3 is 2.54 bits per heavy atom. The van der Waals surface area contributed by atoms with Crippen LogP contribution in [0.1, 0.15) is 5.01 Å². The van der Waals surface area contributed by atoms with Crippen LogP contribution in [0, 0.1) is 17.8 Å². The number of fused-ring (bicyclic) bond motifs is 2. The molecule has 122 valence electrons. The molecule has 4 heteroatoms. The zero-order valence-electron chi connectivity index (χ0n) is 13.5. The molecule has 2 heterocycles. The number of hydrogen-bond donors (Lipinski definition) is 0. The summed E-state index contributed by atoms with van der Waals surface area (Å²) in [6.45, 7) is 4.26. The molecule has 2 aromatic carbocycles. The van der Waals surface area contributed by atoms with Gasteiger partial charge in [0.25, 0.3) is 0 Å². The summed E-state index contributed by atoms with van der Waals surface area (Å²) in [5, 5.41) is 1.24. The molecule has 1 aliphatic heterocycles. The van der Waals surface area contributed by atoms with E-state index < -0.39 is 0 Å². The normalized spacial score (nSPS) is 25.8. The highest BCUT2D eigenvalue weighted by molar-refractivity contribution is 7.18. The number of nitrogens with zero attached hydrogens (tertiary/aromatic N) is 2. The Kier molecular flexibility index (Phi) is 3.53. The molecule has 1 aromatic heterocycles. The molecule has 3 nitrogen and oxygen atoms in total. The van der Waals surface area contributed by atoms with Crippen molar-refractivity contribution in [3.8, 4) is 5.75 Å². The lowest BCUT2D eigenvalue weighted by atomic mass is 10.2. The van der Waals surface area contributed by atoms with Crippen LogP contribution in [0.5, 0.6) is 5.75 Å². The summed E-state index contributed by atoms with van der Waals surface area (Å²) in [6, 6.07) is 18.6. The Hall–Kier alpha value is -1.91. The van der Waals surface area contributed by atoms with Gasteiger partial charge >= 0.3 is 0 Å². The highest BCUT2D eigenvalue weighted by Crippen LogP contribution is 2.52. The van der Waals surface area contributed by atoms with Gasteiger partial charge in [0, 0.05) is 19.0 Å². The van der Waals surface area contributed by atoms with Crippen molar-refractivity contribution in [2.75, 3.05) is 19.7 Å². The highest BCUT2D eigenvalue weighted by Gasteiger charge is 2.55. The zero-order valence-corrected chi connectivity index (χ0v) is 14.3. The fourth-order valence-electron chi connectivity index (χ4n) is 4.00. The Morgan fingerprint density at radius 2 is 1.75 bits per heavy atom. The molecule has 1 aliphatic carbocycles. The average Bonchev–Trinajstić information content (AvgIpc) is 2.96. The van der Waals surface area contributed by atoms with Crippen molar-refractivity contribution in [3.63, 3.8) is 0 Å². The molecule has 0 N–H and O–H groups in total. The van der Waals surface area contributed by atoms with Crippen LogP contribution >= 0.6 is 11.3 Å². The minimum absolute atomic E-state index is 0.747. The van der Waals surface area contributed by atoms with Crippen LogP contribution in [0.3, 0.4) is 0 Å². The molecule has 24 heavy (non-hydrogen) atoms. The Labute approximate surface area is 145 Å². The van der Waals surface area contributed by atoms with E-state index in [2.05, 4.69) is 29.2 Å². The van der Waals surface area contributed by atoms with Crippen LogP contribution in [0.15, 0.2) is 54.6 Å². The molecule has 1 saturated carbocycles. The minimum Gasteiger partial charge on any atom is -0.493 e. The number of piperidine rings is 1. The lowest BCUT2D eigenvalue weighted by Gasteiger charge is -2.18. The number of hydrogen-bond acceptors (Lipinski definition) is 4. The first-order valence-electron chi connectivity index (χ1n) is 8.61. The van der Waals surface area contributed by atoms with Crippen molar-refractivity contribution in [2.24, 2.45) is 17.8 Å². The van der Waals surface area contributed by atoms with Crippen molar-refractivity contribution in [1.29, 1.82) is 0 Å². The summed E-state index contributed by atoms with van der Waals surface area (Å²) in [5.74, 6) is 3.39. The molecule has 1 saturated heterocycles. The van der Waals surface area contributed by atoms with Gasteiger partial charge in [-0.25, -0.2) is 4.98 Å². The number of aromatic nitrogens is 1. The second-order valence-corrected chi connectivity index (χ2v) is 8.00. The second-order valence-electron chi connectivity index (χ2n) is 6.89. The lowest BCUT2D eigenvalue weighted by molar-refractivity contribution is 0.230. The van der Waals surface area contributed by atoms with Gasteiger partial charge in [0.05, 0.1) is 23.4 Å². The van der Waals surface area contributed by atoms with Gasteiger partial charge in [-0.15, -0.1) is 11.3 Å². The fourth-order valence-corrected chi connectivity index (χ4v) is 5.01. The summed E-state index contributed by atoms with van der Waals surface area (Å²) in [4.78, 5) is 7.32. The SMILES string of the molecule is c1ccc(OCC2[C@H]3CN(Cc4nc5ccccc5s4)C[C@@H]23)cc1. The maximum atomic E-state index is 5.93. The molecule has 0 bridgehead atoms. The van der Waals surface area contributed by atoms with Gasteiger partial charge in [-0.2, -0.15) is 0 Å². The van der Waals surface area contributed by atoms with E-state index in [-0.39, 0.29) is 0 Å². The summed E-state index contributed by atoms with van der Waals surface area (Å²) in [7, 11) is 0. The predicted molar refractivity (Wildman–Crippen MR) is 97.3 cm³/mol. The maximum absolute atomic E-state index is 5.93. The van der Waals surface area contributed by atoms with E-state index in [0.717, 1.165) is 42.2 Å². The third-order valence-electron chi connectivity index (χ3n) is 5.33. The topological polar surface area (TPSA) is 25.4 Å². The summed E-state index contributed by atoms with van der Waals surface area (Å²) < 4.78 is 7.23. The predicted octanol–water partition coefficient (Wildman–Crippen LogP) is 4.05. The van der Waals surface area contributed by atoms with Crippen molar-refractivity contribution >= 4 is 21.6 Å². The molecule has 3 aromatic rings. The van der Waals surface area contributed by atoms with Crippen molar-refractivity contribution in [3.05, 3.63) is 59.6 Å². The van der Waals surface area contributed by atoms with E-state index in [1.807, 2.05) is 41.7 Å². The third-order valence-corrected chi connectivity index (χ3v) is 6.35. The number of rotatable bonds is 5. The molecule has 0 amide bonds. The molecular weight excluding hydrogens is 316 g/mol. The number of likely N-dealkylation sites (tertiary alicyclic amines) is 1. The van der Waals surface area contributed by atoms with Gasteiger partial charge in [0.1, 0.15) is 10.8 Å². The van der Waals surface area contributed by atoms with E-state index in [9.17, 15) is 0 Å². The lowest BCUT2D eigenvalue weighted by Crippen LogP contribution is -2.25. The van der Waals surface area contributed by atoms with Gasteiger partial charge < -0.3 is 4.74 Å². The van der Waals surface area contributed by atoms with E-state index in [1.165, 1.54) is 22.8 Å². The molecule has 0 radical (unpaired) electrons. The van der Waals surface area contributed by atoms with Crippen LogP contribution in [-0.2, 0) is 6.54 Å². The van der Waals surface area contributed by atoms with E-state index in [0.29, 0.717) is 0 Å². The fraction of sp³-hybridized carbons (Fsp3) is 0.350. The van der Waals surface area contributed by atoms with Crippen LogP contribution < -0.4 is 4.74 Å². The van der Waals surface area contributed by atoms with Crippen molar-refractivity contribution < 1.29 is 4.74 Å². The van der Waals surface area contributed by atoms with E-state index in [1.54, 1.807) is 0 Å². The quantitative estimate of drug-likeness (QED) is 0.703. The van der Waals surface area contributed by atoms with Gasteiger partial charge in [-0.3, -0.25) is 4.90 Å². The Bertz CT molecular complexity index is 802. The molecule has 2 fully saturated rings. The number of ether oxygens (including phenoxy) is 1. The van der Waals surface area contributed by atoms with Gasteiger partial charge in [-0.05, 0) is 36.1 Å². The summed E-state index contributed by atoms with van der Waals surface area (Å²) in [6.07, 6.45) is 0. The van der Waals surface area contributed by atoms with Crippen molar-refractivity contribution in [2.45, 2.75) is 6.54 Å². The largest absolute Gasteiger partial charge is 0.493 e. The van der Waals surface area contributed by atoms with Crippen molar-refractivity contribution in [1.82, 2.24) is 9.88 Å². The van der Waals surface area contributed by atoms with Crippen LogP contribution in [-0.4, -0.2) is 29.6 Å². The molecule has 3 atom stereocenters. The monoisotopic (exact) mass is 336 g/mol. The second kappa shape index (κ2) is 5.87. The maximum Gasteiger partial charge on any atom is 0.119 e. The number of benzene rings is 2. The van der Waals surface area contributed by atoms with Crippen LogP contribution in [0.2, 0.25) is 0 Å². The summed E-state index contributed by atoms with van der Waals surface area (Å²) in [5.41, 5.74) is 1.14. The zero-order chi connectivity index (χ0) is 15.9. The van der Waals surface area contributed by atoms with E-state index >= 15 is 0 Å². The minimum atomic E-state index is 0.747.